The molecule has 1 fully saturated rings. The van der Waals surface area contributed by atoms with Crippen molar-refractivity contribution in [3.05, 3.63) is 45.4 Å². The summed E-state index contributed by atoms with van der Waals surface area (Å²) in [6.45, 7) is 7.92. The highest BCUT2D eigenvalue weighted by molar-refractivity contribution is 7.15. The predicted molar refractivity (Wildman–Crippen MR) is 115 cm³/mol. The number of aromatic nitrogens is 1. The molecule has 1 saturated heterocycles. The molecule has 1 N–H and O–H groups in total. The fraction of sp³-hybridized carbons (Fsp3) is 0.450. The van der Waals surface area contributed by atoms with E-state index in [4.69, 9.17) is 16.3 Å². The van der Waals surface area contributed by atoms with Crippen LogP contribution in [-0.4, -0.2) is 58.6 Å². The summed E-state index contributed by atoms with van der Waals surface area (Å²) in [6, 6.07) is 7.43. The second kappa shape index (κ2) is 9.00. The molecule has 0 bridgehead atoms. The van der Waals surface area contributed by atoms with Gasteiger partial charge in [-0.15, -0.1) is 11.3 Å². The van der Waals surface area contributed by atoms with Gasteiger partial charge in [0.1, 0.15) is 5.60 Å². The van der Waals surface area contributed by atoms with Gasteiger partial charge in [-0.25, -0.2) is 9.78 Å². The van der Waals surface area contributed by atoms with Gasteiger partial charge < -0.3 is 19.9 Å². The molecule has 1 aromatic carbocycles. The minimum Gasteiger partial charge on any atom is -0.444 e. The number of hydrogen-bond donors (Lipinski definition) is 1. The Balaban J connectivity index is 1.60. The summed E-state index contributed by atoms with van der Waals surface area (Å²) in [7, 11) is 0. The van der Waals surface area contributed by atoms with E-state index in [0.717, 1.165) is 10.6 Å². The summed E-state index contributed by atoms with van der Waals surface area (Å²) >= 11 is 7.28. The molecule has 0 atom stereocenters. The Morgan fingerprint density at radius 3 is 2.45 bits per heavy atom. The SMILES string of the molecule is CC(C)(C)OC(=O)N1CCN(C(=O)c2ccccc2NCc2cnc(Cl)s2)CC1. The molecule has 0 saturated carbocycles. The number of benzene rings is 1. The summed E-state index contributed by atoms with van der Waals surface area (Å²) in [5.41, 5.74) is 0.835. The Morgan fingerprint density at radius 2 is 1.83 bits per heavy atom. The zero-order valence-electron chi connectivity index (χ0n) is 16.8. The first-order valence-electron chi connectivity index (χ1n) is 9.43. The van der Waals surface area contributed by atoms with E-state index < -0.39 is 5.60 Å². The normalized spacial score (nSPS) is 14.6. The van der Waals surface area contributed by atoms with Crippen molar-refractivity contribution in [3.63, 3.8) is 0 Å². The van der Waals surface area contributed by atoms with Crippen molar-refractivity contribution >= 4 is 40.6 Å². The van der Waals surface area contributed by atoms with Crippen LogP contribution in [-0.2, 0) is 11.3 Å². The van der Waals surface area contributed by atoms with Gasteiger partial charge in [-0.3, -0.25) is 4.79 Å². The number of amides is 2. The van der Waals surface area contributed by atoms with Gasteiger partial charge in [-0.05, 0) is 32.9 Å². The van der Waals surface area contributed by atoms with Gasteiger partial charge in [0.15, 0.2) is 4.47 Å². The van der Waals surface area contributed by atoms with Gasteiger partial charge in [0.2, 0.25) is 0 Å². The molecule has 1 aliphatic rings. The molecule has 2 amide bonds. The van der Waals surface area contributed by atoms with E-state index in [2.05, 4.69) is 10.3 Å². The second-order valence-electron chi connectivity index (χ2n) is 7.74. The number of ether oxygens (including phenoxy) is 1. The number of carbonyl (C=O) groups excluding carboxylic acids is 2. The van der Waals surface area contributed by atoms with Crippen molar-refractivity contribution in [1.29, 1.82) is 0 Å². The Kier molecular flexibility index (Phi) is 6.64. The van der Waals surface area contributed by atoms with Crippen LogP contribution in [0.4, 0.5) is 10.5 Å². The summed E-state index contributed by atoms with van der Waals surface area (Å²) in [6.07, 6.45) is 1.38. The van der Waals surface area contributed by atoms with Gasteiger partial charge in [-0.2, -0.15) is 0 Å². The van der Waals surface area contributed by atoms with E-state index in [1.807, 2.05) is 45.0 Å². The van der Waals surface area contributed by atoms with Crippen LogP contribution < -0.4 is 5.32 Å². The highest BCUT2D eigenvalue weighted by Crippen LogP contribution is 2.22. The van der Waals surface area contributed by atoms with Crippen LogP contribution in [0.3, 0.4) is 0 Å². The van der Waals surface area contributed by atoms with Crippen LogP contribution in [0, 0.1) is 0 Å². The first kappa shape index (κ1) is 21.4. The van der Waals surface area contributed by atoms with Crippen molar-refractivity contribution in [1.82, 2.24) is 14.8 Å². The molecule has 0 spiro atoms. The van der Waals surface area contributed by atoms with Crippen LogP contribution >= 0.6 is 22.9 Å². The zero-order chi connectivity index (χ0) is 21.0. The zero-order valence-corrected chi connectivity index (χ0v) is 18.3. The smallest absolute Gasteiger partial charge is 0.410 e. The molecule has 0 unspecified atom stereocenters. The number of para-hydroxylation sites is 1. The average molecular weight is 437 g/mol. The van der Waals surface area contributed by atoms with Crippen LogP contribution in [0.5, 0.6) is 0 Å². The van der Waals surface area contributed by atoms with E-state index >= 15 is 0 Å². The van der Waals surface area contributed by atoms with Gasteiger partial charge in [0.05, 0.1) is 12.1 Å². The maximum absolute atomic E-state index is 13.1. The van der Waals surface area contributed by atoms with Crippen molar-refractivity contribution in [2.45, 2.75) is 32.9 Å². The largest absolute Gasteiger partial charge is 0.444 e. The molecule has 9 heteroatoms. The van der Waals surface area contributed by atoms with E-state index in [0.29, 0.717) is 42.8 Å². The maximum Gasteiger partial charge on any atom is 0.410 e. The molecule has 0 radical (unpaired) electrons. The molecular weight excluding hydrogens is 412 g/mol. The summed E-state index contributed by atoms with van der Waals surface area (Å²) in [5.74, 6) is -0.0562. The van der Waals surface area contributed by atoms with Gasteiger partial charge in [0.25, 0.3) is 5.91 Å². The lowest BCUT2D eigenvalue weighted by molar-refractivity contribution is 0.0141. The van der Waals surface area contributed by atoms with Gasteiger partial charge >= 0.3 is 6.09 Å². The highest BCUT2D eigenvalue weighted by atomic mass is 35.5. The van der Waals surface area contributed by atoms with Crippen molar-refractivity contribution in [2.75, 3.05) is 31.5 Å². The summed E-state index contributed by atoms with van der Waals surface area (Å²) < 4.78 is 5.91. The number of carbonyl (C=O) groups is 2. The number of piperazine rings is 1. The molecule has 2 aromatic rings. The van der Waals surface area contributed by atoms with Crippen LogP contribution in [0.25, 0.3) is 0 Å². The van der Waals surface area contributed by atoms with Crippen molar-refractivity contribution in [3.8, 4) is 0 Å². The Morgan fingerprint density at radius 1 is 1.17 bits per heavy atom. The lowest BCUT2D eigenvalue weighted by atomic mass is 10.1. The third-order valence-electron chi connectivity index (χ3n) is 4.35. The summed E-state index contributed by atoms with van der Waals surface area (Å²) in [4.78, 5) is 33.7. The number of halogens is 1. The molecular formula is C20H25ClN4O3S. The van der Waals surface area contributed by atoms with Crippen LogP contribution in [0.1, 0.15) is 36.0 Å². The van der Waals surface area contributed by atoms with E-state index in [1.54, 1.807) is 16.0 Å². The minimum atomic E-state index is -0.531. The molecule has 2 heterocycles. The lowest BCUT2D eigenvalue weighted by Gasteiger charge is -2.35. The quantitative estimate of drug-likeness (QED) is 0.780. The first-order valence-corrected chi connectivity index (χ1v) is 10.6. The topological polar surface area (TPSA) is 74.8 Å². The Hall–Kier alpha value is -2.32. The molecule has 1 aromatic heterocycles. The number of thiazole rings is 1. The van der Waals surface area contributed by atoms with Crippen molar-refractivity contribution in [2.24, 2.45) is 0 Å². The standard InChI is InChI=1S/C20H25ClN4O3S/c1-20(2,3)28-19(27)25-10-8-24(9-11-25)17(26)15-6-4-5-7-16(15)22-12-14-13-23-18(21)29-14/h4-7,13,22H,8-12H2,1-3H3. The highest BCUT2D eigenvalue weighted by Gasteiger charge is 2.28. The van der Waals surface area contributed by atoms with Gasteiger partial charge in [0, 0.05) is 42.9 Å². The fourth-order valence-corrected chi connectivity index (χ4v) is 3.88. The molecule has 1 aliphatic heterocycles. The molecule has 0 aliphatic carbocycles. The maximum atomic E-state index is 13.1. The third kappa shape index (κ3) is 5.83. The van der Waals surface area contributed by atoms with Gasteiger partial charge in [-0.1, -0.05) is 23.7 Å². The third-order valence-corrected chi connectivity index (χ3v) is 5.47. The lowest BCUT2D eigenvalue weighted by Crippen LogP contribution is -2.51. The predicted octanol–water partition coefficient (Wildman–Crippen LogP) is 4.10. The van der Waals surface area contributed by atoms with E-state index in [9.17, 15) is 9.59 Å². The number of anilines is 1. The molecule has 3 rings (SSSR count). The number of nitrogens with zero attached hydrogens (tertiary/aromatic N) is 3. The Labute approximate surface area is 179 Å². The molecule has 7 nitrogen and oxygen atoms in total. The first-order chi connectivity index (χ1) is 13.7. The fourth-order valence-electron chi connectivity index (χ4n) is 2.96. The molecule has 156 valence electrons. The van der Waals surface area contributed by atoms with Crippen LogP contribution in [0.15, 0.2) is 30.5 Å². The Bertz CT molecular complexity index is 873. The number of nitrogens with one attached hydrogen (secondary N) is 1. The van der Waals surface area contributed by atoms with Crippen LogP contribution in [0.2, 0.25) is 4.47 Å². The average Bonchev–Trinajstić information content (AvgIpc) is 3.10. The van der Waals surface area contributed by atoms with E-state index in [-0.39, 0.29) is 12.0 Å². The van der Waals surface area contributed by atoms with E-state index in [1.165, 1.54) is 11.3 Å². The second-order valence-corrected chi connectivity index (χ2v) is 9.44. The monoisotopic (exact) mass is 436 g/mol. The number of hydrogen-bond acceptors (Lipinski definition) is 6. The molecule has 29 heavy (non-hydrogen) atoms. The minimum absolute atomic E-state index is 0.0562. The number of rotatable bonds is 4. The van der Waals surface area contributed by atoms with Crippen molar-refractivity contribution < 1.29 is 14.3 Å². The summed E-state index contributed by atoms with van der Waals surface area (Å²) in [5, 5.41) is 3.30.